The molecule has 1 fully saturated rings. The van der Waals surface area contributed by atoms with Gasteiger partial charge in [-0.15, -0.1) is 5.10 Å². The minimum absolute atomic E-state index is 0.0362. The van der Waals surface area contributed by atoms with Crippen molar-refractivity contribution in [3.63, 3.8) is 0 Å². The lowest BCUT2D eigenvalue weighted by molar-refractivity contribution is -0.137. The zero-order valence-corrected chi connectivity index (χ0v) is 23.0. The average molecular weight is 573 g/mol. The second-order valence-corrected chi connectivity index (χ2v) is 11.3. The Labute approximate surface area is 235 Å². The van der Waals surface area contributed by atoms with Crippen LogP contribution in [-0.2, 0) is 17.5 Å². The molecule has 2 aromatic carbocycles. The fourth-order valence-corrected chi connectivity index (χ4v) is 5.12. The van der Waals surface area contributed by atoms with Crippen molar-refractivity contribution in [2.75, 3.05) is 5.32 Å². The van der Waals surface area contributed by atoms with Crippen molar-refractivity contribution in [1.29, 1.82) is 0 Å². The lowest BCUT2D eigenvalue weighted by Crippen LogP contribution is -2.42. The Hall–Kier alpha value is -4.09. The third kappa shape index (κ3) is 7.99. The number of hydrogen-bond acceptors (Lipinski definition) is 5. The highest BCUT2D eigenvalue weighted by molar-refractivity contribution is 6.03. The van der Waals surface area contributed by atoms with E-state index in [1.807, 2.05) is 0 Å². The first-order chi connectivity index (χ1) is 19.3. The number of nitrogens with zero attached hydrogens (tertiary/aromatic N) is 4. The van der Waals surface area contributed by atoms with Crippen LogP contribution in [0.25, 0.3) is 6.08 Å². The predicted octanol–water partition coefficient (Wildman–Crippen LogP) is 6.26. The van der Waals surface area contributed by atoms with Gasteiger partial charge in [-0.2, -0.15) is 18.4 Å². The van der Waals surface area contributed by atoms with Gasteiger partial charge in [0, 0.05) is 24.2 Å². The van der Waals surface area contributed by atoms with Crippen LogP contribution in [0, 0.1) is 17.2 Å². The second kappa shape index (κ2) is 12.2. The molecule has 1 saturated carbocycles. The van der Waals surface area contributed by atoms with Gasteiger partial charge in [-0.25, -0.2) is 4.39 Å². The SMILES string of the molecule is CC(C)(C)C1CCC(N(Cc2ccc(C(=O)Nc3nn[nH]n3)cc2)C(=O)/C=C/c2cc(F)cc(C(F)(F)F)c2)CC1. The first kappa shape index (κ1) is 29.9. The summed E-state index contributed by atoms with van der Waals surface area (Å²) >= 11 is 0. The van der Waals surface area contributed by atoms with E-state index in [1.54, 1.807) is 29.2 Å². The van der Waals surface area contributed by atoms with E-state index in [2.05, 4.69) is 46.7 Å². The minimum Gasteiger partial charge on any atom is -0.332 e. The second-order valence-electron chi connectivity index (χ2n) is 11.3. The van der Waals surface area contributed by atoms with Crippen LogP contribution in [0.2, 0.25) is 0 Å². The van der Waals surface area contributed by atoms with Crippen LogP contribution < -0.4 is 5.32 Å². The number of anilines is 1. The van der Waals surface area contributed by atoms with E-state index in [1.165, 1.54) is 12.2 Å². The summed E-state index contributed by atoms with van der Waals surface area (Å²) in [6, 6.07) is 8.81. The van der Waals surface area contributed by atoms with E-state index in [0.717, 1.165) is 43.4 Å². The molecule has 0 aliphatic heterocycles. The maximum atomic E-state index is 13.9. The molecule has 41 heavy (non-hydrogen) atoms. The summed E-state index contributed by atoms with van der Waals surface area (Å²) in [5, 5.41) is 15.5. The predicted molar refractivity (Wildman–Crippen MR) is 145 cm³/mol. The fraction of sp³-hybridized carbons (Fsp3) is 0.414. The lowest BCUT2D eigenvalue weighted by Gasteiger charge is -2.41. The lowest BCUT2D eigenvalue weighted by atomic mass is 9.71. The van der Waals surface area contributed by atoms with Crippen molar-refractivity contribution in [3.8, 4) is 0 Å². The van der Waals surface area contributed by atoms with E-state index < -0.39 is 23.5 Å². The number of H-pyrrole nitrogens is 1. The largest absolute Gasteiger partial charge is 0.416 e. The summed E-state index contributed by atoms with van der Waals surface area (Å²) < 4.78 is 53.3. The maximum Gasteiger partial charge on any atom is 0.416 e. The van der Waals surface area contributed by atoms with Gasteiger partial charge < -0.3 is 4.90 Å². The molecule has 218 valence electrons. The number of tetrazole rings is 1. The number of hydrogen-bond donors (Lipinski definition) is 2. The van der Waals surface area contributed by atoms with Gasteiger partial charge in [-0.05, 0) is 89.8 Å². The molecule has 1 aliphatic rings. The highest BCUT2D eigenvalue weighted by atomic mass is 19.4. The molecule has 0 bridgehead atoms. The first-order valence-electron chi connectivity index (χ1n) is 13.3. The van der Waals surface area contributed by atoms with Gasteiger partial charge >= 0.3 is 6.18 Å². The molecule has 0 spiro atoms. The van der Waals surface area contributed by atoms with Gasteiger partial charge in [-0.1, -0.05) is 38.0 Å². The summed E-state index contributed by atoms with van der Waals surface area (Å²) in [4.78, 5) is 27.6. The van der Waals surface area contributed by atoms with Crippen LogP contribution in [0.1, 0.15) is 73.5 Å². The third-order valence-corrected chi connectivity index (χ3v) is 7.45. The van der Waals surface area contributed by atoms with Crippen LogP contribution in [0.4, 0.5) is 23.5 Å². The molecular formula is C29H32F4N6O2. The maximum absolute atomic E-state index is 13.9. The molecule has 2 N–H and O–H groups in total. The summed E-state index contributed by atoms with van der Waals surface area (Å²) in [5.41, 5.74) is 0.0921. The standard InChI is InChI=1S/C29H32F4N6O2/c1-28(2,3)21-9-11-24(12-10-21)39(25(40)13-6-19-14-22(29(31,32)33)16-23(30)15-19)17-18-4-7-20(8-5-18)26(41)34-27-35-37-38-36-27/h4-8,13-16,21,24H,9-12,17H2,1-3H3,(H2,34,35,36,37,38,41)/b13-6+. The van der Waals surface area contributed by atoms with E-state index in [0.29, 0.717) is 17.5 Å². The van der Waals surface area contributed by atoms with Gasteiger partial charge in [-0.3, -0.25) is 14.9 Å². The number of nitrogens with one attached hydrogen (secondary N) is 2. The highest BCUT2D eigenvalue weighted by Gasteiger charge is 2.34. The Morgan fingerprint density at radius 2 is 1.73 bits per heavy atom. The van der Waals surface area contributed by atoms with E-state index >= 15 is 0 Å². The van der Waals surface area contributed by atoms with Gasteiger partial charge in [0.05, 0.1) is 5.56 Å². The number of carbonyl (C=O) groups excluding carboxylic acids is 2. The first-order valence-corrected chi connectivity index (χ1v) is 13.3. The van der Waals surface area contributed by atoms with Gasteiger partial charge in [0.2, 0.25) is 5.91 Å². The monoisotopic (exact) mass is 572 g/mol. The number of alkyl halides is 3. The fourth-order valence-electron chi connectivity index (χ4n) is 5.12. The van der Waals surface area contributed by atoms with Crippen molar-refractivity contribution >= 4 is 23.8 Å². The smallest absolute Gasteiger partial charge is 0.332 e. The number of carbonyl (C=O) groups is 2. The minimum atomic E-state index is -4.71. The third-order valence-electron chi connectivity index (χ3n) is 7.45. The Morgan fingerprint density at radius 3 is 2.32 bits per heavy atom. The number of amides is 2. The Kier molecular flexibility index (Phi) is 8.89. The summed E-state index contributed by atoms with van der Waals surface area (Å²) in [7, 11) is 0. The number of halogens is 4. The van der Waals surface area contributed by atoms with Gasteiger partial charge in [0.1, 0.15) is 5.82 Å². The molecule has 1 aromatic heterocycles. The summed E-state index contributed by atoms with van der Waals surface area (Å²) in [5.74, 6) is -1.30. The number of rotatable bonds is 7. The van der Waals surface area contributed by atoms with Crippen molar-refractivity contribution in [2.45, 2.75) is 65.2 Å². The number of aromatic nitrogens is 4. The molecule has 8 nitrogen and oxygen atoms in total. The molecular weight excluding hydrogens is 540 g/mol. The van der Waals surface area contributed by atoms with Crippen molar-refractivity contribution in [1.82, 2.24) is 25.5 Å². The topological polar surface area (TPSA) is 104 Å². The van der Waals surface area contributed by atoms with Crippen LogP contribution >= 0.6 is 0 Å². The van der Waals surface area contributed by atoms with Gasteiger partial charge in [0.25, 0.3) is 11.9 Å². The highest BCUT2D eigenvalue weighted by Crippen LogP contribution is 2.39. The molecule has 12 heteroatoms. The van der Waals surface area contributed by atoms with Crippen molar-refractivity contribution in [2.24, 2.45) is 11.3 Å². The van der Waals surface area contributed by atoms with Crippen LogP contribution in [-0.4, -0.2) is 43.4 Å². The van der Waals surface area contributed by atoms with Crippen molar-refractivity contribution < 1.29 is 27.2 Å². The Morgan fingerprint density at radius 1 is 1.05 bits per heavy atom. The molecule has 0 unspecified atom stereocenters. The number of aromatic amines is 1. The van der Waals surface area contributed by atoms with Crippen LogP contribution in [0.3, 0.4) is 0 Å². The number of benzene rings is 2. The molecule has 0 saturated heterocycles. The summed E-state index contributed by atoms with van der Waals surface area (Å²) in [6.07, 6.45) is 1.14. The van der Waals surface area contributed by atoms with E-state index in [4.69, 9.17) is 0 Å². The van der Waals surface area contributed by atoms with Crippen LogP contribution in [0.5, 0.6) is 0 Å². The molecule has 0 radical (unpaired) electrons. The van der Waals surface area contributed by atoms with E-state index in [-0.39, 0.29) is 35.4 Å². The van der Waals surface area contributed by atoms with Crippen molar-refractivity contribution in [3.05, 3.63) is 76.6 Å². The van der Waals surface area contributed by atoms with Gasteiger partial charge in [0.15, 0.2) is 0 Å². The molecule has 1 aliphatic carbocycles. The average Bonchev–Trinajstić information content (AvgIpc) is 3.42. The Bertz CT molecular complexity index is 1370. The Balaban J connectivity index is 1.53. The van der Waals surface area contributed by atoms with E-state index in [9.17, 15) is 27.2 Å². The zero-order chi connectivity index (χ0) is 29.8. The normalized spacial score (nSPS) is 17.9. The molecule has 0 atom stereocenters. The molecule has 3 aromatic rings. The zero-order valence-electron chi connectivity index (χ0n) is 23.0. The molecule has 2 amide bonds. The quantitative estimate of drug-likeness (QED) is 0.257. The summed E-state index contributed by atoms with van der Waals surface area (Å²) in [6.45, 7) is 6.84. The van der Waals surface area contributed by atoms with Crippen LogP contribution in [0.15, 0.2) is 48.5 Å². The molecule has 1 heterocycles. The molecule has 4 rings (SSSR count).